The molecule has 0 atom stereocenters. The van der Waals surface area contributed by atoms with Crippen molar-refractivity contribution in [1.29, 1.82) is 0 Å². The molecule has 2 rings (SSSR count). The average molecular weight is 274 g/mol. The molecule has 90 valence electrons. The second-order valence-electron chi connectivity index (χ2n) is 3.68. The van der Waals surface area contributed by atoms with Gasteiger partial charge in [-0.3, -0.25) is 0 Å². The van der Waals surface area contributed by atoms with Gasteiger partial charge < -0.3 is 4.52 Å². The van der Waals surface area contributed by atoms with Gasteiger partial charge in [0.1, 0.15) is 17.8 Å². The van der Waals surface area contributed by atoms with E-state index in [1.54, 1.807) is 6.26 Å². The minimum Gasteiger partial charge on any atom is -0.364 e. The number of benzene rings is 1. The van der Waals surface area contributed by atoms with Crippen molar-refractivity contribution in [3.8, 4) is 11.3 Å². The topological polar surface area (TPSA) is 26.0 Å². The summed E-state index contributed by atoms with van der Waals surface area (Å²) in [5, 5.41) is 4.36. The van der Waals surface area contributed by atoms with Crippen LogP contribution < -0.4 is 0 Å². The molecule has 0 radical (unpaired) electrons. The molecule has 0 aliphatic rings. The van der Waals surface area contributed by atoms with Gasteiger partial charge in [0.05, 0.1) is 10.0 Å². The summed E-state index contributed by atoms with van der Waals surface area (Å²) in [5.41, 5.74) is 2.02. The maximum atomic E-state index is 13.1. The zero-order chi connectivity index (χ0) is 12.4. The molecule has 2 aromatic rings. The van der Waals surface area contributed by atoms with E-state index in [1.807, 2.05) is 6.92 Å². The molecule has 1 aromatic heterocycles. The van der Waals surface area contributed by atoms with Crippen molar-refractivity contribution >= 4 is 23.2 Å². The summed E-state index contributed by atoms with van der Waals surface area (Å²) in [5.74, 6) is -0.468. The molecule has 17 heavy (non-hydrogen) atoms. The SMILES string of the molecule is CCCc1conc1-c1c(Cl)cc(F)cc1Cl. The molecular formula is C12H10Cl2FNO. The molecule has 0 bridgehead atoms. The lowest BCUT2D eigenvalue weighted by Crippen LogP contribution is -1.90. The molecule has 0 saturated heterocycles. The van der Waals surface area contributed by atoms with Crippen LogP contribution in [0.5, 0.6) is 0 Å². The second-order valence-corrected chi connectivity index (χ2v) is 4.50. The van der Waals surface area contributed by atoms with Gasteiger partial charge in [0, 0.05) is 11.1 Å². The first kappa shape index (κ1) is 12.4. The van der Waals surface area contributed by atoms with Crippen molar-refractivity contribution in [2.24, 2.45) is 0 Å². The van der Waals surface area contributed by atoms with Gasteiger partial charge in [-0.1, -0.05) is 41.7 Å². The molecule has 0 N–H and O–H groups in total. The fourth-order valence-electron chi connectivity index (χ4n) is 1.68. The lowest BCUT2D eigenvalue weighted by molar-refractivity contribution is 0.421. The first-order valence-corrected chi connectivity index (χ1v) is 5.97. The molecule has 0 saturated carbocycles. The third-order valence-electron chi connectivity index (χ3n) is 2.41. The Hall–Kier alpha value is -1.06. The zero-order valence-electron chi connectivity index (χ0n) is 9.14. The molecule has 0 amide bonds. The molecule has 0 spiro atoms. The van der Waals surface area contributed by atoms with E-state index in [0.29, 0.717) is 11.3 Å². The monoisotopic (exact) mass is 273 g/mol. The first-order chi connectivity index (χ1) is 8.13. The standard InChI is InChI=1S/C12H10Cl2FNO/c1-2-3-7-6-17-16-12(7)11-9(13)4-8(15)5-10(11)14/h4-6H,2-3H2,1H3. The Labute approximate surface area is 108 Å². The van der Waals surface area contributed by atoms with E-state index in [4.69, 9.17) is 27.7 Å². The molecule has 1 heterocycles. The normalized spacial score (nSPS) is 10.8. The van der Waals surface area contributed by atoms with E-state index in [9.17, 15) is 4.39 Å². The van der Waals surface area contributed by atoms with E-state index in [1.165, 1.54) is 12.1 Å². The van der Waals surface area contributed by atoms with E-state index in [-0.39, 0.29) is 10.0 Å². The molecule has 5 heteroatoms. The van der Waals surface area contributed by atoms with E-state index >= 15 is 0 Å². The average Bonchev–Trinajstić information content (AvgIpc) is 2.65. The number of aryl methyl sites for hydroxylation is 1. The van der Waals surface area contributed by atoms with Gasteiger partial charge in [-0.15, -0.1) is 0 Å². The van der Waals surface area contributed by atoms with Crippen LogP contribution in [0, 0.1) is 5.82 Å². The molecule has 0 aliphatic carbocycles. The molecule has 1 aromatic carbocycles. The molecule has 0 unspecified atom stereocenters. The summed E-state index contributed by atoms with van der Waals surface area (Å²) in [7, 11) is 0. The van der Waals surface area contributed by atoms with Gasteiger partial charge in [0.25, 0.3) is 0 Å². The molecule has 0 aliphatic heterocycles. The summed E-state index contributed by atoms with van der Waals surface area (Å²) in [6.45, 7) is 2.05. The molecule has 2 nitrogen and oxygen atoms in total. The van der Waals surface area contributed by atoms with Crippen LogP contribution >= 0.6 is 23.2 Å². The highest BCUT2D eigenvalue weighted by atomic mass is 35.5. The first-order valence-electron chi connectivity index (χ1n) is 5.21. The lowest BCUT2D eigenvalue weighted by atomic mass is 10.0. The number of aromatic nitrogens is 1. The predicted molar refractivity (Wildman–Crippen MR) is 65.9 cm³/mol. The highest BCUT2D eigenvalue weighted by molar-refractivity contribution is 6.39. The van der Waals surface area contributed by atoms with Crippen LogP contribution in [0.15, 0.2) is 22.9 Å². The van der Waals surface area contributed by atoms with Crippen LogP contribution in [0.25, 0.3) is 11.3 Å². The minimum atomic E-state index is -0.468. The van der Waals surface area contributed by atoms with Crippen molar-refractivity contribution in [3.63, 3.8) is 0 Å². The Morgan fingerprint density at radius 2 is 1.94 bits per heavy atom. The van der Waals surface area contributed by atoms with Gasteiger partial charge in [-0.05, 0) is 18.6 Å². The Balaban J connectivity index is 2.56. The van der Waals surface area contributed by atoms with E-state index in [2.05, 4.69) is 5.16 Å². The number of rotatable bonds is 3. The summed E-state index contributed by atoms with van der Waals surface area (Å²) < 4.78 is 18.0. The third-order valence-corrected chi connectivity index (χ3v) is 3.00. The largest absolute Gasteiger partial charge is 0.364 e. The highest BCUT2D eigenvalue weighted by Crippen LogP contribution is 2.36. The Bertz CT molecular complexity index is 516. The second kappa shape index (κ2) is 5.07. The minimum absolute atomic E-state index is 0.237. The fourth-order valence-corrected chi connectivity index (χ4v) is 2.32. The van der Waals surface area contributed by atoms with Gasteiger partial charge in [0.15, 0.2) is 0 Å². The van der Waals surface area contributed by atoms with Gasteiger partial charge in [-0.25, -0.2) is 4.39 Å². The fraction of sp³-hybridized carbons (Fsp3) is 0.250. The maximum absolute atomic E-state index is 13.1. The van der Waals surface area contributed by atoms with Gasteiger partial charge in [0.2, 0.25) is 0 Å². The lowest BCUT2D eigenvalue weighted by Gasteiger charge is -2.05. The van der Waals surface area contributed by atoms with E-state index in [0.717, 1.165) is 18.4 Å². The van der Waals surface area contributed by atoms with Crippen molar-refractivity contribution < 1.29 is 8.91 Å². The van der Waals surface area contributed by atoms with Crippen LogP contribution in [-0.4, -0.2) is 5.16 Å². The van der Waals surface area contributed by atoms with E-state index < -0.39 is 5.82 Å². The predicted octanol–water partition coefficient (Wildman–Crippen LogP) is 4.74. The van der Waals surface area contributed by atoms with Crippen LogP contribution in [-0.2, 0) is 6.42 Å². The number of hydrogen-bond donors (Lipinski definition) is 0. The van der Waals surface area contributed by atoms with Crippen molar-refractivity contribution in [3.05, 3.63) is 39.8 Å². The summed E-state index contributed by atoms with van der Waals surface area (Å²) >= 11 is 12.0. The van der Waals surface area contributed by atoms with Crippen LogP contribution in [0.1, 0.15) is 18.9 Å². The number of nitrogens with zero attached hydrogens (tertiary/aromatic N) is 1. The van der Waals surface area contributed by atoms with Crippen molar-refractivity contribution in [2.45, 2.75) is 19.8 Å². The third kappa shape index (κ3) is 2.45. The van der Waals surface area contributed by atoms with Crippen LogP contribution in [0.3, 0.4) is 0 Å². The Morgan fingerprint density at radius 3 is 2.53 bits per heavy atom. The maximum Gasteiger partial charge on any atom is 0.127 e. The van der Waals surface area contributed by atoms with Crippen LogP contribution in [0.4, 0.5) is 4.39 Å². The Morgan fingerprint density at radius 1 is 1.29 bits per heavy atom. The number of hydrogen-bond acceptors (Lipinski definition) is 2. The smallest absolute Gasteiger partial charge is 0.127 e. The number of halogens is 3. The van der Waals surface area contributed by atoms with Crippen LogP contribution in [0.2, 0.25) is 10.0 Å². The quantitative estimate of drug-likeness (QED) is 0.807. The highest BCUT2D eigenvalue weighted by Gasteiger charge is 2.17. The van der Waals surface area contributed by atoms with Gasteiger partial charge >= 0.3 is 0 Å². The summed E-state index contributed by atoms with van der Waals surface area (Å²) in [4.78, 5) is 0. The zero-order valence-corrected chi connectivity index (χ0v) is 10.6. The van der Waals surface area contributed by atoms with Crippen molar-refractivity contribution in [1.82, 2.24) is 5.16 Å². The van der Waals surface area contributed by atoms with Gasteiger partial charge in [-0.2, -0.15) is 0 Å². The van der Waals surface area contributed by atoms with Crippen molar-refractivity contribution in [2.75, 3.05) is 0 Å². The molecule has 0 fully saturated rings. The summed E-state index contributed by atoms with van der Waals surface area (Å²) in [6, 6.07) is 2.43. The molecular weight excluding hydrogens is 264 g/mol. The summed E-state index contributed by atoms with van der Waals surface area (Å²) in [6.07, 6.45) is 3.32. The Kier molecular flexibility index (Phi) is 3.69.